The summed E-state index contributed by atoms with van der Waals surface area (Å²) in [6.45, 7) is 0. The highest BCUT2D eigenvalue weighted by Crippen LogP contribution is 2.34. The molecule has 0 spiro atoms. The molecule has 3 rings (SSSR count). The van der Waals surface area contributed by atoms with E-state index in [4.69, 9.17) is 0 Å². The van der Waals surface area contributed by atoms with E-state index in [0.29, 0.717) is 11.6 Å². The van der Waals surface area contributed by atoms with Crippen molar-refractivity contribution in [2.24, 2.45) is 0 Å². The topological polar surface area (TPSA) is 52.6 Å². The zero-order chi connectivity index (χ0) is 13.4. The Morgan fingerprint density at radius 3 is 2.79 bits per heavy atom. The predicted molar refractivity (Wildman–Crippen MR) is 72.9 cm³/mol. The number of aliphatic hydroxyl groups excluding tert-OH is 1. The lowest BCUT2D eigenvalue weighted by atomic mass is 9.94. The average Bonchev–Trinajstić information content (AvgIpc) is 2.68. The third-order valence-electron chi connectivity index (χ3n) is 4.57. The molecule has 19 heavy (non-hydrogen) atoms. The summed E-state index contributed by atoms with van der Waals surface area (Å²) in [7, 11) is 2.09. The maximum absolute atomic E-state index is 12.2. The normalized spacial score (nSPS) is 34.2. The van der Waals surface area contributed by atoms with Crippen LogP contribution < -0.4 is 5.32 Å². The van der Waals surface area contributed by atoms with Gasteiger partial charge in [-0.05, 0) is 38.4 Å². The van der Waals surface area contributed by atoms with E-state index in [1.807, 2.05) is 18.2 Å². The van der Waals surface area contributed by atoms with Crippen LogP contribution in [0.3, 0.4) is 0 Å². The molecule has 2 saturated heterocycles. The summed E-state index contributed by atoms with van der Waals surface area (Å²) in [6, 6.07) is 9.77. The molecule has 2 N–H and O–H groups in total. The van der Waals surface area contributed by atoms with Crippen molar-refractivity contribution in [3.63, 3.8) is 0 Å². The minimum absolute atomic E-state index is 0.0941. The number of aliphatic hydroxyl groups is 1. The molecule has 0 radical (unpaired) electrons. The zero-order valence-corrected chi connectivity index (χ0v) is 11.1. The molecule has 4 nitrogen and oxygen atoms in total. The van der Waals surface area contributed by atoms with Crippen LogP contribution in [0.5, 0.6) is 0 Å². The first kappa shape index (κ1) is 12.6. The number of benzene rings is 1. The Morgan fingerprint density at radius 1 is 1.32 bits per heavy atom. The summed E-state index contributed by atoms with van der Waals surface area (Å²) >= 11 is 0. The summed E-state index contributed by atoms with van der Waals surface area (Å²) in [5, 5.41) is 13.2. The summed E-state index contributed by atoms with van der Waals surface area (Å²) < 4.78 is 0. The van der Waals surface area contributed by atoms with Crippen molar-refractivity contribution >= 4 is 5.91 Å². The van der Waals surface area contributed by atoms with Crippen LogP contribution in [0.4, 0.5) is 0 Å². The molecule has 1 amide bonds. The molecular weight excluding hydrogens is 240 g/mol. The first-order valence-electron chi connectivity index (χ1n) is 6.92. The number of likely N-dealkylation sites (N-methyl/N-ethyl adjacent to an activating group) is 1. The molecule has 4 atom stereocenters. The monoisotopic (exact) mass is 260 g/mol. The molecule has 1 aromatic carbocycles. The number of carbonyl (C=O) groups is 1. The fraction of sp³-hybridized carbons (Fsp3) is 0.533. The lowest BCUT2D eigenvalue weighted by molar-refractivity contribution is 0.0153. The van der Waals surface area contributed by atoms with Gasteiger partial charge in [0.2, 0.25) is 0 Å². The second-order valence-corrected chi connectivity index (χ2v) is 5.63. The Bertz CT molecular complexity index is 462. The van der Waals surface area contributed by atoms with Crippen molar-refractivity contribution in [2.75, 3.05) is 7.05 Å². The van der Waals surface area contributed by atoms with Gasteiger partial charge in [-0.15, -0.1) is 0 Å². The molecule has 0 aromatic heterocycles. The molecule has 2 aliphatic heterocycles. The fourth-order valence-electron chi connectivity index (χ4n) is 3.46. The van der Waals surface area contributed by atoms with Gasteiger partial charge < -0.3 is 10.4 Å². The SMILES string of the molecule is CN1[C@H]2CC[C@@H]1[C@@H](NC(=O)c1ccccc1)[C@@H](O)C2. The van der Waals surface area contributed by atoms with Gasteiger partial charge in [-0.3, -0.25) is 9.69 Å². The largest absolute Gasteiger partial charge is 0.391 e. The minimum atomic E-state index is -0.429. The van der Waals surface area contributed by atoms with Gasteiger partial charge in [0.1, 0.15) is 0 Å². The second kappa shape index (κ2) is 4.94. The molecule has 2 aliphatic rings. The predicted octanol–water partition coefficient (Wildman–Crippen LogP) is 1.01. The van der Waals surface area contributed by atoms with Crippen LogP contribution in [0.2, 0.25) is 0 Å². The highest BCUT2D eigenvalue weighted by atomic mass is 16.3. The van der Waals surface area contributed by atoms with Gasteiger partial charge in [0.15, 0.2) is 0 Å². The molecule has 102 valence electrons. The van der Waals surface area contributed by atoms with E-state index in [-0.39, 0.29) is 18.0 Å². The van der Waals surface area contributed by atoms with E-state index in [2.05, 4.69) is 17.3 Å². The number of nitrogens with zero attached hydrogens (tertiary/aromatic N) is 1. The summed E-state index contributed by atoms with van der Waals surface area (Å²) in [5.74, 6) is -0.0941. The van der Waals surface area contributed by atoms with Crippen molar-refractivity contribution in [3.05, 3.63) is 35.9 Å². The zero-order valence-electron chi connectivity index (χ0n) is 11.1. The number of carbonyl (C=O) groups excluding carboxylic acids is 1. The van der Waals surface area contributed by atoms with E-state index >= 15 is 0 Å². The number of piperidine rings is 1. The summed E-state index contributed by atoms with van der Waals surface area (Å²) in [5.41, 5.74) is 0.650. The Labute approximate surface area is 113 Å². The van der Waals surface area contributed by atoms with Gasteiger partial charge in [0, 0.05) is 17.6 Å². The number of amides is 1. The smallest absolute Gasteiger partial charge is 0.251 e. The van der Waals surface area contributed by atoms with Crippen LogP contribution >= 0.6 is 0 Å². The lowest BCUT2D eigenvalue weighted by Crippen LogP contribution is -2.59. The van der Waals surface area contributed by atoms with E-state index in [9.17, 15) is 9.90 Å². The maximum atomic E-state index is 12.2. The molecule has 1 aromatic rings. The quantitative estimate of drug-likeness (QED) is 0.834. The molecular formula is C15H20N2O2. The van der Waals surface area contributed by atoms with Gasteiger partial charge in [-0.1, -0.05) is 18.2 Å². The van der Waals surface area contributed by atoms with E-state index in [1.54, 1.807) is 12.1 Å². The van der Waals surface area contributed by atoms with Gasteiger partial charge in [-0.2, -0.15) is 0 Å². The maximum Gasteiger partial charge on any atom is 0.251 e. The van der Waals surface area contributed by atoms with Crippen molar-refractivity contribution in [2.45, 2.75) is 43.5 Å². The Morgan fingerprint density at radius 2 is 2.05 bits per heavy atom. The molecule has 2 bridgehead atoms. The van der Waals surface area contributed by atoms with E-state index < -0.39 is 6.10 Å². The number of nitrogens with one attached hydrogen (secondary N) is 1. The molecule has 0 saturated carbocycles. The first-order chi connectivity index (χ1) is 9.16. The molecule has 2 heterocycles. The molecule has 0 aliphatic carbocycles. The average molecular weight is 260 g/mol. The van der Waals surface area contributed by atoms with Gasteiger partial charge in [0.25, 0.3) is 5.91 Å². The summed E-state index contributed by atoms with van der Waals surface area (Å²) in [6.07, 6.45) is 2.50. The third kappa shape index (κ3) is 2.26. The number of hydrogen-bond donors (Lipinski definition) is 2. The van der Waals surface area contributed by atoms with Crippen molar-refractivity contribution in [3.8, 4) is 0 Å². The van der Waals surface area contributed by atoms with Crippen LogP contribution in [0, 0.1) is 0 Å². The Balaban J connectivity index is 1.74. The summed E-state index contributed by atoms with van der Waals surface area (Å²) in [4.78, 5) is 14.5. The Kier molecular flexibility index (Phi) is 3.29. The third-order valence-corrected chi connectivity index (χ3v) is 4.57. The second-order valence-electron chi connectivity index (χ2n) is 5.63. The number of hydrogen-bond acceptors (Lipinski definition) is 3. The van der Waals surface area contributed by atoms with Gasteiger partial charge >= 0.3 is 0 Å². The van der Waals surface area contributed by atoms with Crippen LogP contribution in [-0.4, -0.2) is 47.2 Å². The van der Waals surface area contributed by atoms with Crippen LogP contribution in [0.15, 0.2) is 30.3 Å². The van der Waals surface area contributed by atoms with Crippen LogP contribution in [0.25, 0.3) is 0 Å². The van der Waals surface area contributed by atoms with Crippen molar-refractivity contribution in [1.29, 1.82) is 0 Å². The van der Waals surface area contributed by atoms with E-state index in [1.165, 1.54) is 0 Å². The molecule has 0 unspecified atom stereocenters. The van der Waals surface area contributed by atoms with Crippen molar-refractivity contribution in [1.82, 2.24) is 10.2 Å². The van der Waals surface area contributed by atoms with Gasteiger partial charge in [0.05, 0.1) is 12.1 Å². The van der Waals surface area contributed by atoms with Crippen LogP contribution in [-0.2, 0) is 0 Å². The highest BCUT2D eigenvalue weighted by molar-refractivity contribution is 5.94. The first-order valence-corrected chi connectivity index (χ1v) is 6.92. The van der Waals surface area contributed by atoms with E-state index in [0.717, 1.165) is 19.3 Å². The fourth-order valence-corrected chi connectivity index (χ4v) is 3.46. The lowest BCUT2D eigenvalue weighted by Gasteiger charge is -2.41. The Hall–Kier alpha value is -1.39. The molecule has 2 fully saturated rings. The molecule has 4 heteroatoms. The van der Waals surface area contributed by atoms with Crippen LogP contribution in [0.1, 0.15) is 29.6 Å². The number of rotatable bonds is 2. The minimum Gasteiger partial charge on any atom is -0.391 e. The number of fused-ring (bicyclic) bond motifs is 2. The highest BCUT2D eigenvalue weighted by Gasteiger charge is 2.45. The van der Waals surface area contributed by atoms with Gasteiger partial charge in [-0.25, -0.2) is 0 Å². The standard InChI is InChI=1S/C15H20N2O2/c1-17-11-7-8-12(17)14(13(18)9-11)16-15(19)10-5-3-2-4-6-10/h2-6,11-14,18H,7-9H2,1H3,(H,16,19)/t11-,12+,13-,14+/m0/s1. The van der Waals surface area contributed by atoms with Crippen molar-refractivity contribution < 1.29 is 9.90 Å².